The lowest BCUT2D eigenvalue weighted by Gasteiger charge is -2.65. The maximum Gasteiger partial charge on any atom is 0.262 e. The smallest absolute Gasteiger partial charge is 0.262 e. The Bertz CT molecular complexity index is 2440. The summed E-state index contributed by atoms with van der Waals surface area (Å²) in [7, 11) is 0. The molecule has 2 saturated carbocycles. The highest BCUT2D eigenvalue weighted by molar-refractivity contribution is 6.31. The van der Waals surface area contributed by atoms with Gasteiger partial charge in [-0.15, -0.1) is 0 Å². The van der Waals surface area contributed by atoms with Gasteiger partial charge in [0.1, 0.15) is 29.7 Å². The second-order valence-corrected chi connectivity index (χ2v) is 18.1. The molecule has 0 bridgehead atoms. The first kappa shape index (κ1) is 38.7. The van der Waals surface area contributed by atoms with Gasteiger partial charge in [0.05, 0.1) is 39.5 Å². The molecule has 59 heavy (non-hydrogen) atoms. The molecule has 2 aromatic carbocycles. The van der Waals surface area contributed by atoms with E-state index in [4.69, 9.17) is 21.3 Å². The zero-order valence-corrected chi connectivity index (χ0v) is 34.1. The number of rotatable bonds is 6. The number of nitrogens with zero attached hydrogens (tertiary/aromatic N) is 6. The monoisotopic (exact) mass is 813 g/mol. The number of piperazine rings is 1. The number of hydrogen-bond acceptors (Lipinski definition) is 10. The molecule has 2 saturated heterocycles. The van der Waals surface area contributed by atoms with Crippen LogP contribution in [0.15, 0.2) is 48.5 Å². The number of hydrogen-bond donors (Lipinski definition) is 1. The number of halogens is 1. The van der Waals surface area contributed by atoms with E-state index in [1.165, 1.54) is 0 Å². The molecular formula is C45H44ClN7O6. The average molecular weight is 814 g/mol. The van der Waals surface area contributed by atoms with Crippen LogP contribution in [0.4, 0.5) is 5.69 Å². The molecule has 4 aliphatic heterocycles. The Balaban J connectivity index is 0.776. The van der Waals surface area contributed by atoms with Crippen LogP contribution in [0.25, 0.3) is 0 Å². The summed E-state index contributed by atoms with van der Waals surface area (Å²) in [6, 6.07) is 15.5. The van der Waals surface area contributed by atoms with Gasteiger partial charge in [-0.1, -0.05) is 45.2 Å². The molecule has 1 atom stereocenters. The topological polar surface area (TPSA) is 156 Å². The number of carbonyl (C=O) groups is 5. The van der Waals surface area contributed by atoms with E-state index in [0.717, 1.165) is 55.3 Å². The fraction of sp³-hybridized carbons (Fsp3) is 0.444. The van der Waals surface area contributed by atoms with E-state index in [-0.39, 0.29) is 53.2 Å². The number of piperidine rings is 1. The number of amides is 5. The molecule has 3 aromatic rings. The van der Waals surface area contributed by atoms with Crippen molar-refractivity contribution in [3.63, 3.8) is 0 Å². The molecule has 4 fully saturated rings. The van der Waals surface area contributed by atoms with Gasteiger partial charge >= 0.3 is 0 Å². The first-order chi connectivity index (χ1) is 28.1. The Morgan fingerprint density at radius 3 is 2.27 bits per heavy atom. The molecule has 13 nitrogen and oxygen atoms in total. The number of anilines is 1. The number of carbonyl (C=O) groups excluding carboxylic acids is 5. The number of imide groups is 2. The molecule has 0 spiro atoms. The Kier molecular flexibility index (Phi) is 9.33. The molecule has 302 valence electrons. The van der Waals surface area contributed by atoms with Crippen molar-refractivity contribution in [3.8, 4) is 23.7 Å². The molecule has 5 heterocycles. The highest BCUT2D eigenvalue weighted by Crippen LogP contribution is 2.59. The van der Waals surface area contributed by atoms with Crippen molar-refractivity contribution in [2.75, 3.05) is 31.1 Å². The van der Waals surface area contributed by atoms with Crippen molar-refractivity contribution in [2.45, 2.75) is 84.2 Å². The van der Waals surface area contributed by atoms with Crippen LogP contribution in [0.2, 0.25) is 5.02 Å². The number of aromatic nitrogens is 1. The third-order valence-electron chi connectivity index (χ3n) is 13.3. The number of pyridine rings is 1. The van der Waals surface area contributed by atoms with Crippen molar-refractivity contribution in [3.05, 3.63) is 87.2 Å². The fourth-order valence-electron chi connectivity index (χ4n) is 10.7. The number of ether oxygens (including phenoxy) is 1. The van der Waals surface area contributed by atoms with Gasteiger partial charge < -0.3 is 14.5 Å². The fourth-order valence-corrected chi connectivity index (χ4v) is 10.9. The van der Waals surface area contributed by atoms with Crippen LogP contribution >= 0.6 is 11.6 Å². The van der Waals surface area contributed by atoms with Crippen LogP contribution in [0.1, 0.15) is 101 Å². The molecule has 14 heteroatoms. The maximum atomic E-state index is 13.8. The zero-order chi connectivity index (χ0) is 41.5. The van der Waals surface area contributed by atoms with E-state index in [2.05, 4.69) is 60.7 Å². The number of fused-ring (bicyclic) bond motifs is 2. The highest BCUT2D eigenvalue weighted by atomic mass is 35.5. The van der Waals surface area contributed by atoms with Gasteiger partial charge in [0.2, 0.25) is 11.8 Å². The molecule has 5 amide bonds. The molecule has 1 unspecified atom stereocenters. The minimum Gasteiger partial charge on any atom is -0.489 e. The van der Waals surface area contributed by atoms with E-state index < -0.39 is 29.7 Å². The lowest BCUT2D eigenvalue weighted by molar-refractivity contribution is -0.199. The molecule has 1 N–H and O–H groups in total. The number of nitrogens with one attached hydrogen (secondary N) is 1. The summed E-state index contributed by atoms with van der Waals surface area (Å²) < 4.78 is 6.46. The molecule has 9 rings (SSSR count). The summed E-state index contributed by atoms with van der Waals surface area (Å²) in [5, 5.41) is 11.8. The SMILES string of the molecule is CC1(C)[C@H](Oc2ccc(C#N)c(Cl)c2)C(C)(C)[C@H]1N1Cc2nc(C#C[C@H]3C[C@H](N4CCN(c5ccc6c(c5)C(=O)N(C5CCC(=O)NC5=O)C6=O)CC4)C3)ccc2C1=O. The minimum atomic E-state index is -0.984. The van der Waals surface area contributed by atoms with E-state index in [9.17, 15) is 29.2 Å². The van der Waals surface area contributed by atoms with Gasteiger partial charge in [-0.3, -0.25) is 39.1 Å². The first-order valence-electron chi connectivity index (χ1n) is 20.2. The Morgan fingerprint density at radius 2 is 1.58 bits per heavy atom. The van der Waals surface area contributed by atoms with Gasteiger partial charge in [-0.25, -0.2) is 4.98 Å². The minimum absolute atomic E-state index is 0.0313. The average Bonchev–Trinajstić information content (AvgIpc) is 3.63. The second-order valence-electron chi connectivity index (χ2n) is 17.7. The van der Waals surface area contributed by atoms with Gasteiger partial charge in [0, 0.05) is 73.2 Å². The molecule has 1 aromatic heterocycles. The summed E-state index contributed by atoms with van der Waals surface area (Å²) >= 11 is 6.28. The van der Waals surface area contributed by atoms with Crippen LogP contribution < -0.4 is 15.0 Å². The van der Waals surface area contributed by atoms with Crippen molar-refractivity contribution >= 4 is 46.8 Å². The van der Waals surface area contributed by atoms with Crippen LogP contribution in [0.3, 0.4) is 0 Å². The van der Waals surface area contributed by atoms with Crippen molar-refractivity contribution in [1.82, 2.24) is 25.0 Å². The Labute approximate surface area is 347 Å². The summed E-state index contributed by atoms with van der Waals surface area (Å²) in [4.78, 5) is 76.8. The Hall–Kier alpha value is -5.76. The third kappa shape index (κ3) is 6.43. The van der Waals surface area contributed by atoms with Gasteiger partial charge in [-0.2, -0.15) is 5.26 Å². The summed E-state index contributed by atoms with van der Waals surface area (Å²) in [5.74, 6) is 5.53. The summed E-state index contributed by atoms with van der Waals surface area (Å²) in [6.07, 6.45) is 1.96. The quantitative estimate of drug-likeness (QED) is 0.271. The normalized spacial score (nSPS) is 26.9. The lowest BCUT2D eigenvalue weighted by atomic mass is 9.49. The summed E-state index contributed by atoms with van der Waals surface area (Å²) in [6.45, 7) is 12.2. The number of nitriles is 1. The van der Waals surface area contributed by atoms with E-state index in [0.29, 0.717) is 45.7 Å². The first-order valence-corrected chi connectivity index (χ1v) is 20.6. The van der Waals surface area contributed by atoms with Crippen LogP contribution in [0, 0.1) is 39.9 Å². The summed E-state index contributed by atoms with van der Waals surface area (Å²) in [5.41, 5.74) is 3.11. The predicted octanol–water partition coefficient (Wildman–Crippen LogP) is 4.80. The molecule has 6 aliphatic rings. The largest absolute Gasteiger partial charge is 0.489 e. The van der Waals surface area contributed by atoms with E-state index >= 15 is 0 Å². The highest BCUT2D eigenvalue weighted by Gasteiger charge is 2.67. The maximum absolute atomic E-state index is 13.8. The van der Waals surface area contributed by atoms with Crippen molar-refractivity contribution in [2.24, 2.45) is 16.7 Å². The van der Waals surface area contributed by atoms with Crippen molar-refractivity contribution < 1.29 is 28.7 Å². The van der Waals surface area contributed by atoms with Crippen LogP contribution in [-0.2, 0) is 16.1 Å². The predicted molar refractivity (Wildman–Crippen MR) is 216 cm³/mol. The van der Waals surface area contributed by atoms with Crippen molar-refractivity contribution in [1.29, 1.82) is 5.26 Å². The Morgan fingerprint density at radius 1 is 0.864 bits per heavy atom. The third-order valence-corrected chi connectivity index (χ3v) is 13.6. The standard InChI is InChI=1S/C45H44ClN7O6/c1-44(2)42(45(3,4)43(44)59-30-10-6-26(23-47)34(46)22-30)52-24-35-32(39(52)56)11-8-27(48-35)7-5-25-19-29(20-25)51-17-15-50(16-18-51)28-9-12-31-33(21-28)41(58)53(40(31)57)36-13-14-37(54)49-38(36)55/h6,8-12,21-22,25,29,36,42-43H,13-20,24H2,1-4H3,(H,49,54,55)/t25-,29-,36?,42-,43-. The zero-order valence-electron chi connectivity index (χ0n) is 33.4. The van der Waals surface area contributed by atoms with Crippen LogP contribution in [-0.4, -0.2) is 99.6 Å². The van der Waals surface area contributed by atoms with Gasteiger partial charge in [0.25, 0.3) is 17.7 Å². The van der Waals surface area contributed by atoms with Gasteiger partial charge in [-0.05, 0) is 67.6 Å². The van der Waals surface area contributed by atoms with E-state index in [1.54, 1.807) is 30.3 Å². The molecule has 0 radical (unpaired) electrons. The molecular weight excluding hydrogens is 770 g/mol. The molecule has 2 aliphatic carbocycles. The second kappa shape index (κ2) is 14.2. The van der Waals surface area contributed by atoms with E-state index in [1.807, 2.05) is 23.1 Å². The van der Waals surface area contributed by atoms with Crippen LogP contribution in [0.5, 0.6) is 5.75 Å². The number of benzene rings is 2. The lowest BCUT2D eigenvalue weighted by Crippen LogP contribution is -2.74. The van der Waals surface area contributed by atoms with Gasteiger partial charge in [0.15, 0.2) is 0 Å².